The van der Waals surface area contributed by atoms with E-state index in [2.05, 4.69) is 26.2 Å². The molecule has 94 valence electrons. The number of ether oxygens (including phenoxy) is 1. The molecule has 0 fully saturated rings. The van der Waals surface area contributed by atoms with E-state index in [1.807, 2.05) is 44.2 Å². The van der Waals surface area contributed by atoms with Gasteiger partial charge in [-0.3, -0.25) is 0 Å². The molecule has 4 heteroatoms. The average molecular weight is 307 g/mol. The van der Waals surface area contributed by atoms with Gasteiger partial charge in [0.2, 0.25) is 0 Å². The molecule has 1 aromatic heterocycles. The van der Waals surface area contributed by atoms with E-state index in [0.29, 0.717) is 6.61 Å². The molecule has 18 heavy (non-hydrogen) atoms. The molecule has 0 bridgehead atoms. The first kappa shape index (κ1) is 12.9. The van der Waals surface area contributed by atoms with Crippen LogP contribution in [0.25, 0.3) is 0 Å². The molecule has 2 rings (SSSR count). The van der Waals surface area contributed by atoms with Crippen molar-refractivity contribution in [1.82, 2.24) is 4.98 Å². The maximum atomic E-state index is 5.40. The largest absolute Gasteiger partial charge is 0.494 e. The number of aromatic nitrogens is 1. The van der Waals surface area contributed by atoms with E-state index < -0.39 is 0 Å². The van der Waals surface area contributed by atoms with Crippen molar-refractivity contribution in [2.75, 3.05) is 11.9 Å². The quantitative estimate of drug-likeness (QED) is 0.914. The monoisotopic (exact) mass is 306 g/mol. The van der Waals surface area contributed by atoms with E-state index in [4.69, 9.17) is 4.74 Å². The molecule has 0 aliphatic rings. The van der Waals surface area contributed by atoms with Crippen molar-refractivity contribution >= 4 is 27.4 Å². The average Bonchev–Trinajstić information content (AvgIpc) is 2.38. The molecule has 0 saturated carbocycles. The van der Waals surface area contributed by atoms with Gasteiger partial charge in [-0.15, -0.1) is 0 Å². The lowest BCUT2D eigenvalue weighted by Crippen LogP contribution is -1.96. The summed E-state index contributed by atoms with van der Waals surface area (Å²) in [6.45, 7) is 4.69. The maximum Gasteiger partial charge on any atom is 0.144 e. The summed E-state index contributed by atoms with van der Waals surface area (Å²) in [6.07, 6.45) is 1.79. The summed E-state index contributed by atoms with van der Waals surface area (Å²) in [5, 5.41) is 3.27. The van der Waals surface area contributed by atoms with Gasteiger partial charge in [-0.1, -0.05) is 0 Å². The Morgan fingerprint density at radius 2 is 1.94 bits per heavy atom. The lowest BCUT2D eigenvalue weighted by Gasteiger charge is -2.10. The van der Waals surface area contributed by atoms with E-state index in [-0.39, 0.29) is 0 Å². The van der Waals surface area contributed by atoms with Gasteiger partial charge in [0, 0.05) is 11.9 Å². The van der Waals surface area contributed by atoms with Gasteiger partial charge in [0.05, 0.1) is 11.1 Å². The van der Waals surface area contributed by atoms with Crippen LogP contribution in [0.15, 0.2) is 41.0 Å². The highest BCUT2D eigenvalue weighted by molar-refractivity contribution is 9.10. The van der Waals surface area contributed by atoms with Crippen LogP contribution in [0, 0.1) is 6.92 Å². The second-order valence-electron chi connectivity index (χ2n) is 3.87. The molecule has 1 aromatic carbocycles. The summed E-state index contributed by atoms with van der Waals surface area (Å²) in [4.78, 5) is 4.30. The van der Waals surface area contributed by atoms with Gasteiger partial charge in [0.1, 0.15) is 11.6 Å². The number of nitrogens with one attached hydrogen (secondary N) is 1. The number of hydrogen-bond acceptors (Lipinski definition) is 3. The Hall–Kier alpha value is -1.55. The molecule has 0 radical (unpaired) electrons. The summed E-state index contributed by atoms with van der Waals surface area (Å²) in [5.41, 5.74) is 2.13. The third-order valence-corrected chi connectivity index (χ3v) is 3.51. The van der Waals surface area contributed by atoms with Crippen LogP contribution in [-0.2, 0) is 0 Å². The van der Waals surface area contributed by atoms with E-state index in [0.717, 1.165) is 27.3 Å². The number of aryl methyl sites for hydroxylation is 1. The van der Waals surface area contributed by atoms with Crippen molar-refractivity contribution < 1.29 is 4.74 Å². The summed E-state index contributed by atoms with van der Waals surface area (Å²) >= 11 is 3.53. The summed E-state index contributed by atoms with van der Waals surface area (Å²) in [6, 6.07) is 9.79. The molecule has 0 unspecified atom stereocenters. The topological polar surface area (TPSA) is 34.1 Å². The Kier molecular flexibility index (Phi) is 4.20. The third-order valence-electron chi connectivity index (χ3n) is 2.51. The van der Waals surface area contributed by atoms with E-state index in [9.17, 15) is 0 Å². The molecule has 3 nitrogen and oxygen atoms in total. The third kappa shape index (κ3) is 3.01. The molecule has 1 N–H and O–H groups in total. The lowest BCUT2D eigenvalue weighted by molar-refractivity contribution is 0.340. The van der Waals surface area contributed by atoms with Gasteiger partial charge in [-0.25, -0.2) is 4.98 Å². The van der Waals surface area contributed by atoms with Crippen molar-refractivity contribution in [3.8, 4) is 5.75 Å². The predicted molar refractivity (Wildman–Crippen MR) is 77.6 cm³/mol. The first-order valence-corrected chi connectivity index (χ1v) is 6.61. The highest BCUT2D eigenvalue weighted by atomic mass is 79.9. The van der Waals surface area contributed by atoms with E-state index >= 15 is 0 Å². The number of anilines is 2. The molecule has 1 heterocycles. The number of rotatable bonds is 4. The van der Waals surface area contributed by atoms with Crippen LogP contribution in [0.3, 0.4) is 0 Å². The Morgan fingerprint density at radius 3 is 2.61 bits per heavy atom. The van der Waals surface area contributed by atoms with Gasteiger partial charge in [0.15, 0.2) is 0 Å². The van der Waals surface area contributed by atoms with E-state index in [1.165, 1.54) is 0 Å². The van der Waals surface area contributed by atoms with Gasteiger partial charge in [-0.05, 0) is 65.7 Å². The Labute approximate surface area is 115 Å². The number of hydrogen-bond donors (Lipinski definition) is 1. The molecule has 2 aromatic rings. The van der Waals surface area contributed by atoms with Crippen LogP contribution in [0.2, 0.25) is 0 Å². The van der Waals surface area contributed by atoms with Crippen LogP contribution in [-0.4, -0.2) is 11.6 Å². The predicted octanol–water partition coefficient (Wildman–Crippen LogP) is 4.29. The first-order valence-electron chi connectivity index (χ1n) is 5.81. The fourth-order valence-corrected chi connectivity index (χ4v) is 1.90. The molecule has 0 aliphatic heterocycles. The SMILES string of the molecule is CCOc1ccc(Nc2nccc(C)c2Br)cc1. The fraction of sp³-hybridized carbons (Fsp3) is 0.214. The second kappa shape index (κ2) is 5.87. The van der Waals surface area contributed by atoms with Crippen LogP contribution >= 0.6 is 15.9 Å². The zero-order valence-corrected chi connectivity index (χ0v) is 12.0. The highest BCUT2D eigenvalue weighted by Crippen LogP contribution is 2.27. The fourth-order valence-electron chi connectivity index (χ4n) is 1.57. The Balaban J connectivity index is 2.16. The van der Waals surface area contributed by atoms with Crippen LogP contribution in [0.5, 0.6) is 5.75 Å². The van der Waals surface area contributed by atoms with Crippen molar-refractivity contribution in [2.45, 2.75) is 13.8 Å². The zero-order chi connectivity index (χ0) is 13.0. The summed E-state index contributed by atoms with van der Waals surface area (Å²) < 4.78 is 6.39. The van der Waals surface area contributed by atoms with Gasteiger partial charge in [-0.2, -0.15) is 0 Å². The van der Waals surface area contributed by atoms with Crippen LogP contribution in [0.1, 0.15) is 12.5 Å². The van der Waals surface area contributed by atoms with Gasteiger partial charge in [0.25, 0.3) is 0 Å². The molecular weight excluding hydrogens is 292 g/mol. The standard InChI is InChI=1S/C14H15BrN2O/c1-3-18-12-6-4-11(5-7-12)17-14-13(15)10(2)8-9-16-14/h4-9H,3H2,1-2H3,(H,16,17). The number of nitrogens with zero attached hydrogens (tertiary/aromatic N) is 1. The molecule has 0 saturated heterocycles. The minimum Gasteiger partial charge on any atom is -0.494 e. The van der Waals surface area contributed by atoms with E-state index in [1.54, 1.807) is 6.20 Å². The lowest BCUT2D eigenvalue weighted by atomic mass is 10.2. The van der Waals surface area contributed by atoms with Crippen molar-refractivity contribution in [1.29, 1.82) is 0 Å². The number of benzene rings is 1. The molecule has 0 spiro atoms. The maximum absolute atomic E-state index is 5.40. The molecule has 0 atom stereocenters. The minimum absolute atomic E-state index is 0.678. The van der Waals surface area contributed by atoms with Crippen LogP contribution < -0.4 is 10.1 Å². The zero-order valence-electron chi connectivity index (χ0n) is 10.4. The van der Waals surface area contributed by atoms with Crippen molar-refractivity contribution in [3.05, 3.63) is 46.6 Å². The molecule has 0 aliphatic carbocycles. The number of pyridine rings is 1. The Morgan fingerprint density at radius 1 is 1.22 bits per heavy atom. The second-order valence-corrected chi connectivity index (χ2v) is 4.67. The van der Waals surface area contributed by atoms with Gasteiger partial charge >= 0.3 is 0 Å². The Bertz CT molecular complexity index is 526. The normalized spacial score (nSPS) is 10.2. The molecule has 0 amide bonds. The first-order chi connectivity index (χ1) is 8.70. The highest BCUT2D eigenvalue weighted by Gasteiger charge is 2.04. The van der Waals surface area contributed by atoms with Crippen molar-refractivity contribution in [3.63, 3.8) is 0 Å². The van der Waals surface area contributed by atoms with Crippen LogP contribution in [0.4, 0.5) is 11.5 Å². The summed E-state index contributed by atoms with van der Waals surface area (Å²) in [7, 11) is 0. The molecular formula is C14H15BrN2O. The summed E-state index contributed by atoms with van der Waals surface area (Å²) in [5.74, 6) is 1.69. The minimum atomic E-state index is 0.678. The number of halogens is 1. The smallest absolute Gasteiger partial charge is 0.144 e. The van der Waals surface area contributed by atoms with Gasteiger partial charge < -0.3 is 10.1 Å². The van der Waals surface area contributed by atoms with Crippen molar-refractivity contribution in [2.24, 2.45) is 0 Å².